The Morgan fingerprint density at radius 3 is 2.65 bits per heavy atom. The summed E-state index contributed by atoms with van der Waals surface area (Å²) in [6, 6.07) is 6.51. The number of pyridine rings is 1. The van der Waals surface area contributed by atoms with Crippen LogP contribution in [0.5, 0.6) is 0 Å². The van der Waals surface area contributed by atoms with Gasteiger partial charge in [-0.15, -0.1) is 0 Å². The molecule has 0 aliphatic carbocycles. The first-order valence-electron chi connectivity index (χ1n) is 5.29. The fraction of sp³-hybridized carbons (Fsp3) is 0.154. The molecule has 1 aromatic heterocycles. The summed E-state index contributed by atoms with van der Waals surface area (Å²) in [5.74, 6) is -0.235. The third-order valence-corrected chi connectivity index (χ3v) is 3.36. The highest BCUT2D eigenvalue weighted by molar-refractivity contribution is 9.10. The van der Waals surface area contributed by atoms with Gasteiger partial charge in [-0.2, -0.15) is 0 Å². The molecular formula is C13H12BrFN2. The summed E-state index contributed by atoms with van der Waals surface area (Å²) in [7, 11) is 0. The van der Waals surface area contributed by atoms with Gasteiger partial charge in [0.15, 0.2) is 0 Å². The van der Waals surface area contributed by atoms with Crippen LogP contribution >= 0.6 is 15.9 Å². The third kappa shape index (κ3) is 3.03. The zero-order valence-electron chi connectivity index (χ0n) is 9.16. The number of aromatic nitrogens is 1. The van der Waals surface area contributed by atoms with Crippen molar-refractivity contribution in [3.8, 4) is 0 Å². The van der Waals surface area contributed by atoms with E-state index < -0.39 is 0 Å². The van der Waals surface area contributed by atoms with Crippen LogP contribution in [0.1, 0.15) is 11.1 Å². The first-order chi connectivity index (χ1) is 8.16. The first-order valence-corrected chi connectivity index (χ1v) is 6.08. The van der Waals surface area contributed by atoms with E-state index in [2.05, 4.69) is 20.9 Å². The van der Waals surface area contributed by atoms with Crippen molar-refractivity contribution in [1.29, 1.82) is 0 Å². The number of aryl methyl sites for hydroxylation is 2. The second-order valence-electron chi connectivity index (χ2n) is 3.81. The normalized spacial score (nSPS) is 10.5. The van der Waals surface area contributed by atoms with Crippen molar-refractivity contribution in [2.75, 3.05) is 5.73 Å². The standard InChI is InChI=1S/C13H12BrFN2/c14-12-7-11(15)4-3-9(12)1-2-10-8-17-6-5-13(10)16/h3-8H,1-2H2,(H2,16,17). The largest absolute Gasteiger partial charge is 0.398 e. The number of anilines is 1. The first kappa shape index (κ1) is 12.0. The quantitative estimate of drug-likeness (QED) is 0.943. The van der Waals surface area contributed by atoms with Gasteiger partial charge in [0.25, 0.3) is 0 Å². The molecule has 88 valence electrons. The second kappa shape index (κ2) is 5.27. The predicted molar refractivity (Wildman–Crippen MR) is 70.2 cm³/mol. The van der Waals surface area contributed by atoms with E-state index in [1.807, 2.05) is 0 Å². The van der Waals surface area contributed by atoms with E-state index in [-0.39, 0.29) is 5.82 Å². The molecule has 0 unspecified atom stereocenters. The van der Waals surface area contributed by atoms with Gasteiger partial charge in [-0.1, -0.05) is 22.0 Å². The van der Waals surface area contributed by atoms with Crippen LogP contribution < -0.4 is 5.73 Å². The number of halogens is 2. The van der Waals surface area contributed by atoms with Crippen molar-refractivity contribution in [3.05, 3.63) is 58.1 Å². The van der Waals surface area contributed by atoms with Gasteiger partial charge >= 0.3 is 0 Å². The molecule has 0 spiro atoms. The van der Waals surface area contributed by atoms with Gasteiger partial charge in [0.2, 0.25) is 0 Å². The predicted octanol–water partition coefficient (Wildman–Crippen LogP) is 3.35. The Balaban J connectivity index is 2.10. The molecule has 17 heavy (non-hydrogen) atoms. The maximum Gasteiger partial charge on any atom is 0.124 e. The Morgan fingerprint density at radius 1 is 1.18 bits per heavy atom. The minimum absolute atomic E-state index is 0.235. The highest BCUT2D eigenvalue weighted by Gasteiger charge is 2.04. The van der Waals surface area contributed by atoms with Crippen molar-refractivity contribution in [2.45, 2.75) is 12.8 Å². The summed E-state index contributed by atoms with van der Waals surface area (Å²) in [5, 5.41) is 0. The third-order valence-electron chi connectivity index (χ3n) is 2.62. The minimum Gasteiger partial charge on any atom is -0.398 e. The highest BCUT2D eigenvalue weighted by atomic mass is 79.9. The van der Waals surface area contributed by atoms with Crippen LogP contribution in [0.25, 0.3) is 0 Å². The summed E-state index contributed by atoms with van der Waals surface area (Å²) in [6.45, 7) is 0. The molecule has 0 fully saturated rings. The molecule has 0 radical (unpaired) electrons. The van der Waals surface area contributed by atoms with Crippen LogP contribution in [-0.2, 0) is 12.8 Å². The fourth-order valence-corrected chi connectivity index (χ4v) is 2.19. The number of nitrogens with two attached hydrogens (primary N) is 1. The average Bonchev–Trinajstić information content (AvgIpc) is 2.30. The van der Waals surface area contributed by atoms with E-state index in [1.54, 1.807) is 24.5 Å². The molecule has 0 amide bonds. The molecule has 0 atom stereocenters. The van der Waals surface area contributed by atoms with E-state index in [0.717, 1.165) is 34.1 Å². The van der Waals surface area contributed by atoms with E-state index in [1.165, 1.54) is 12.1 Å². The zero-order chi connectivity index (χ0) is 12.3. The van der Waals surface area contributed by atoms with Gasteiger partial charge in [0, 0.05) is 22.6 Å². The molecule has 4 heteroatoms. The van der Waals surface area contributed by atoms with Crippen LogP contribution in [0.2, 0.25) is 0 Å². The Morgan fingerprint density at radius 2 is 1.94 bits per heavy atom. The summed E-state index contributed by atoms with van der Waals surface area (Å²) in [4.78, 5) is 4.04. The number of benzene rings is 1. The molecule has 2 nitrogen and oxygen atoms in total. The van der Waals surface area contributed by atoms with Gasteiger partial charge in [-0.25, -0.2) is 4.39 Å². The zero-order valence-corrected chi connectivity index (χ0v) is 10.7. The molecule has 0 saturated carbocycles. The lowest BCUT2D eigenvalue weighted by Gasteiger charge is -2.06. The molecule has 0 bridgehead atoms. The number of rotatable bonds is 3. The van der Waals surface area contributed by atoms with Crippen molar-refractivity contribution in [3.63, 3.8) is 0 Å². The highest BCUT2D eigenvalue weighted by Crippen LogP contribution is 2.20. The molecule has 0 aliphatic rings. The number of hydrogen-bond donors (Lipinski definition) is 1. The lowest BCUT2D eigenvalue weighted by molar-refractivity contribution is 0.626. The summed E-state index contributed by atoms with van der Waals surface area (Å²) in [5.41, 5.74) is 8.67. The van der Waals surface area contributed by atoms with Crippen molar-refractivity contribution in [2.24, 2.45) is 0 Å². The lowest BCUT2D eigenvalue weighted by atomic mass is 10.0. The van der Waals surface area contributed by atoms with Crippen molar-refractivity contribution < 1.29 is 4.39 Å². The van der Waals surface area contributed by atoms with Crippen LogP contribution in [0.4, 0.5) is 10.1 Å². The topological polar surface area (TPSA) is 38.9 Å². The lowest BCUT2D eigenvalue weighted by Crippen LogP contribution is -1.98. The van der Waals surface area contributed by atoms with Gasteiger partial charge < -0.3 is 5.73 Å². The van der Waals surface area contributed by atoms with Gasteiger partial charge in [-0.05, 0) is 42.2 Å². The van der Waals surface area contributed by atoms with E-state index in [0.29, 0.717) is 0 Å². The Kier molecular flexibility index (Phi) is 3.74. The van der Waals surface area contributed by atoms with Crippen molar-refractivity contribution in [1.82, 2.24) is 4.98 Å². The van der Waals surface area contributed by atoms with Crippen LogP contribution in [0.3, 0.4) is 0 Å². The molecule has 1 heterocycles. The second-order valence-corrected chi connectivity index (χ2v) is 4.66. The summed E-state index contributed by atoms with van der Waals surface area (Å²) in [6.07, 6.45) is 5.04. The fourth-order valence-electron chi connectivity index (χ4n) is 1.64. The molecule has 0 saturated heterocycles. The van der Waals surface area contributed by atoms with E-state index in [9.17, 15) is 4.39 Å². The molecule has 0 aliphatic heterocycles. The average molecular weight is 295 g/mol. The van der Waals surface area contributed by atoms with Gasteiger partial charge in [-0.3, -0.25) is 4.98 Å². The maximum absolute atomic E-state index is 12.9. The molecule has 2 aromatic rings. The Bertz CT molecular complexity index is 529. The monoisotopic (exact) mass is 294 g/mol. The van der Waals surface area contributed by atoms with E-state index >= 15 is 0 Å². The van der Waals surface area contributed by atoms with Crippen molar-refractivity contribution >= 4 is 21.6 Å². The summed E-state index contributed by atoms with van der Waals surface area (Å²) < 4.78 is 13.7. The Labute approximate surface area is 108 Å². The maximum atomic E-state index is 12.9. The molecular weight excluding hydrogens is 283 g/mol. The molecule has 2 N–H and O–H groups in total. The Hall–Kier alpha value is -1.42. The minimum atomic E-state index is -0.235. The molecule has 1 aromatic carbocycles. The SMILES string of the molecule is Nc1ccncc1CCc1ccc(F)cc1Br. The van der Waals surface area contributed by atoms with Gasteiger partial charge in [0.1, 0.15) is 5.82 Å². The number of hydrogen-bond acceptors (Lipinski definition) is 2. The van der Waals surface area contributed by atoms with Gasteiger partial charge in [0.05, 0.1) is 0 Å². The van der Waals surface area contributed by atoms with Crippen LogP contribution in [0, 0.1) is 5.82 Å². The van der Waals surface area contributed by atoms with E-state index in [4.69, 9.17) is 5.73 Å². The van der Waals surface area contributed by atoms with Crippen LogP contribution in [-0.4, -0.2) is 4.98 Å². The smallest absolute Gasteiger partial charge is 0.124 e. The summed E-state index contributed by atoms with van der Waals surface area (Å²) >= 11 is 3.35. The molecule has 2 rings (SSSR count). The number of nitrogens with zero attached hydrogens (tertiary/aromatic N) is 1. The number of nitrogen functional groups attached to an aromatic ring is 1. The van der Waals surface area contributed by atoms with Crippen LogP contribution in [0.15, 0.2) is 41.1 Å².